The van der Waals surface area contributed by atoms with Crippen LogP contribution in [0.3, 0.4) is 0 Å². The highest BCUT2D eigenvalue weighted by atomic mass is 16.6. The van der Waals surface area contributed by atoms with Crippen molar-refractivity contribution in [3.05, 3.63) is 29.8 Å². The van der Waals surface area contributed by atoms with Gasteiger partial charge in [0, 0.05) is 18.8 Å². The summed E-state index contributed by atoms with van der Waals surface area (Å²) in [7, 11) is 0. The third-order valence-corrected chi connectivity index (χ3v) is 2.93. The van der Waals surface area contributed by atoms with Gasteiger partial charge in [0.25, 0.3) is 0 Å². The van der Waals surface area contributed by atoms with Crippen molar-refractivity contribution in [2.75, 3.05) is 24.6 Å². The summed E-state index contributed by atoms with van der Waals surface area (Å²) in [6, 6.07) is 8.52. The molecule has 0 radical (unpaired) electrons. The third-order valence-electron chi connectivity index (χ3n) is 2.93. The number of nitrogens with two attached hydrogens (primary N) is 1. The lowest BCUT2D eigenvalue weighted by Crippen LogP contribution is -2.19. The van der Waals surface area contributed by atoms with Crippen LogP contribution >= 0.6 is 0 Å². The Morgan fingerprint density at radius 2 is 1.93 bits per heavy atom. The molecule has 2 rings (SSSR count). The van der Waals surface area contributed by atoms with Gasteiger partial charge in [0.15, 0.2) is 0 Å². The zero-order valence-electron chi connectivity index (χ0n) is 8.98. The summed E-state index contributed by atoms with van der Waals surface area (Å²) in [4.78, 5) is 7.10. The van der Waals surface area contributed by atoms with Gasteiger partial charge in [-0.15, -0.1) is 0 Å². The summed E-state index contributed by atoms with van der Waals surface area (Å²) in [6.45, 7) is 2.95. The van der Waals surface area contributed by atoms with Crippen LogP contribution in [0.4, 0.5) is 5.69 Å². The Bertz CT molecular complexity index is 308. The van der Waals surface area contributed by atoms with Gasteiger partial charge in [-0.05, 0) is 30.9 Å². The number of rotatable bonds is 4. The largest absolute Gasteiger partial charge is 0.371 e. The average Bonchev–Trinajstić information content (AvgIpc) is 2.80. The van der Waals surface area contributed by atoms with Crippen LogP contribution in [0.1, 0.15) is 18.4 Å². The molecular weight excluding hydrogens is 188 g/mol. The second kappa shape index (κ2) is 5.14. The molecule has 1 aliphatic heterocycles. The molecule has 0 atom stereocenters. The first-order chi connectivity index (χ1) is 7.42. The maximum Gasteiger partial charge on any atom is 0.0720 e. The van der Waals surface area contributed by atoms with Crippen LogP contribution in [0.5, 0.6) is 0 Å². The molecule has 3 nitrogen and oxygen atoms in total. The fourth-order valence-corrected chi connectivity index (χ4v) is 2.16. The van der Waals surface area contributed by atoms with Crippen molar-refractivity contribution in [2.45, 2.75) is 19.3 Å². The predicted octanol–water partition coefficient (Wildman–Crippen LogP) is 1.72. The van der Waals surface area contributed by atoms with Gasteiger partial charge >= 0.3 is 0 Å². The van der Waals surface area contributed by atoms with E-state index in [2.05, 4.69) is 34.0 Å². The van der Waals surface area contributed by atoms with E-state index in [-0.39, 0.29) is 0 Å². The molecule has 1 saturated heterocycles. The van der Waals surface area contributed by atoms with Crippen molar-refractivity contribution in [1.29, 1.82) is 0 Å². The highest BCUT2D eigenvalue weighted by Gasteiger charge is 2.14. The zero-order valence-corrected chi connectivity index (χ0v) is 8.98. The van der Waals surface area contributed by atoms with Gasteiger partial charge in [0.1, 0.15) is 0 Å². The van der Waals surface area contributed by atoms with Crippen LogP contribution in [0.15, 0.2) is 24.3 Å². The first-order valence-corrected chi connectivity index (χ1v) is 5.56. The van der Waals surface area contributed by atoms with Crippen molar-refractivity contribution >= 4 is 5.69 Å². The number of hydrogen-bond acceptors (Lipinski definition) is 3. The number of benzene rings is 1. The summed E-state index contributed by atoms with van der Waals surface area (Å²) in [5.74, 6) is 5.07. The second-order valence-corrected chi connectivity index (χ2v) is 3.94. The first kappa shape index (κ1) is 10.5. The van der Waals surface area contributed by atoms with Gasteiger partial charge in [-0.3, -0.25) is 0 Å². The summed E-state index contributed by atoms with van der Waals surface area (Å²) in [5, 5.41) is 0. The van der Waals surface area contributed by atoms with E-state index in [0.717, 1.165) is 6.42 Å². The van der Waals surface area contributed by atoms with Crippen molar-refractivity contribution in [2.24, 2.45) is 5.90 Å². The highest BCUT2D eigenvalue weighted by Crippen LogP contribution is 2.24. The lowest BCUT2D eigenvalue weighted by Gasteiger charge is -2.21. The summed E-state index contributed by atoms with van der Waals surface area (Å²) >= 11 is 0. The van der Waals surface area contributed by atoms with E-state index >= 15 is 0 Å². The first-order valence-electron chi connectivity index (χ1n) is 5.56. The molecule has 2 N–H and O–H groups in total. The monoisotopic (exact) mass is 206 g/mol. The van der Waals surface area contributed by atoms with E-state index in [1.165, 1.54) is 37.2 Å². The van der Waals surface area contributed by atoms with Gasteiger partial charge in [-0.25, -0.2) is 5.90 Å². The average molecular weight is 206 g/mol. The molecule has 82 valence electrons. The third kappa shape index (κ3) is 2.49. The molecule has 0 amide bonds. The van der Waals surface area contributed by atoms with Gasteiger partial charge in [0.05, 0.1) is 6.61 Å². The minimum atomic E-state index is 0.588. The Morgan fingerprint density at radius 1 is 1.20 bits per heavy atom. The summed E-state index contributed by atoms with van der Waals surface area (Å²) in [5.41, 5.74) is 2.69. The maximum absolute atomic E-state index is 5.07. The number of anilines is 1. The minimum Gasteiger partial charge on any atom is -0.371 e. The minimum absolute atomic E-state index is 0.588. The van der Waals surface area contributed by atoms with Crippen LogP contribution in [0, 0.1) is 0 Å². The molecule has 0 unspecified atom stereocenters. The predicted molar refractivity (Wildman–Crippen MR) is 61.7 cm³/mol. The quantitative estimate of drug-likeness (QED) is 0.762. The van der Waals surface area contributed by atoms with Gasteiger partial charge < -0.3 is 9.74 Å². The fraction of sp³-hybridized carbons (Fsp3) is 0.500. The SMILES string of the molecule is NOCCc1ccccc1N1CCCC1. The van der Waals surface area contributed by atoms with Crippen molar-refractivity contribution in [3.8, 4) is 0 Å². The summed E-state index contributed by atoms with van der Waals surface area (Å²) in [6.07, 6.45) is 3.51. The molecule has 15 heavy (non-hydrogen) atoms. The van der Waals surface area contributed by atoms with E-state index in [9.17, 15) is 0 Å². The van der Waals surface area contributed by atoms with Crippen LogP contribution in [-0.4, -0.2) is 19.7 Å². The Labute approximate surface area is 90.8 Å². The topological polar surface area (TPSA) is 38.5 Å². The van der Waals surface area contributed by atoms with E-state index in [4.69, 9.17) is 5.90 Å². The number of para-hydroxylation sites is 1. The van der Waals surface area contributed by atoms with Crippen molar-refractivity contribution < 1.29 is 4.84 Å². The molecule has 0 saturated carbocycles. The van der Waals surface area contributed by atoms with Gasteiger partial charge in [-0.2, -0.15) is 0 Å². The zero-order chi connectivity index (χ0) is 10.5. The Balaban J connectivity index is 2.13. The molecule has 1 aromatic rings. The van der Waals surface area contributed by atoms with Crippen LogP contribution in [0.25, 0.3) is 0 Å². The van der Waals surface area contributed by atoms with Crippen LogP contribution in [-0.2, 0) is 11.3 Å². The van der Waals surface area contributed by atoms with Crippen molar-refractivity contribution in [3.63, 3.8) is 0 Å². The normalized spacial score (nSPS) is 15.9. The molecule has 0 spiro atoms. The van der Waals surface area contributed by atoms with Gasteiger partial charge in [0.2, 0.25) is 0 Å². The Hall–Kier alpha value is -1.06. The number of hydrogen-bond donors (Lipinski definition) is 1. The molecule has 0 aromatic heterocycles. The fourth-order valence-electron chi connectivity index (χ4n) is 2.16. The van der Waals surface area contributed by atoms with E-state index in [1.807, 2.05) is 0 Å². The Kier molecular flexibility index (Phi) is 3.59. The molecule has 1 heterocycles. The molecule has 3 heteroatoms. The van der Waals surface area contributed by atoms with Crippen molar-refractivity contribution in [1.82, 2.24) is 0 Å². The van der Waals surface area contributed by atoms with Crippen LogP contribution < -0.4 is 10.8 Å². The second-order valence-electron chi connectivity index (χ2n) is 3.94. The molecule has 0 bridgehead atoms. The summed E-state index contributed by atoms with van der Waals surface area (Å²) < 4.78 is 0. The van der Waals surface area contributed by atoms with E-state index in [1.54, 1.807) is 0 Å². The molecule has 1 fully saturated rings. The molecular formula is C12H18N2O. The highest BCUT2D eigenvalue weighted by molar-refractivity contribution is 5.54. The molecule has 0 aliphatic carbocycles. The standard InChI is InChI=1S/C12H18N2O/c13-15-10-7-11-5-1-2-6-12(11)14-8-3-4-9-14/h1-2,5-6H,3-4,7-10,13H2. The smallest absolute Gasteiger partial charge is 0.0720 e. The number of nitrogens with zero attached hydrogens (tertiary/aromatic N) is 1. The van der Waals surface area contributed by atoms with E-state index < -0.39 is 0 Å². The molecule has 1 aliphatic rings. The van der Waals surface area contributed by atoms with Gasteiger partial charge in [-0.1, -0.05) is 18.2 Å². The lowest BCUT2D eigenvalue weighted by atomic mass is 10.1. The molecule has 1 aromatic carbocycles. The maximum atomic E-state index is 5.07. The van der Waals surface area contributed by atoms with Crippen LogP contribution in [0.2, 0.25) is 0 Å². The Morgan fingerprint density at radius 3 is 2.67 bits per heavy atom. The van der Waals surface area contributed by atoms with E-state index in [0.29, 0.717) is 6.61 Å². The lowest BCUT2D eigenvalue weighted by molar-refractivity contribution is 0.141.